The lowest BCUT2D eigenvalue weighted by molar-refractivity contribution is -0.379. The Hall–Kier alpha value is -1.73. The maximum Gasteiger partial charge on any atom is 0.220 e. The zero-order chi connectivity index (χ0) is 61.9. The highest BCUT2D eigenvalue weighted by atomic mass is 16.8. The quantitative estimate of drug-likeness (QED) is 0.0201. The first-order chi connectivity index (χ1) is 41.3. The van der Waals surface area contributed by atoms with Crippen LogP contribution in [-0.4, -0.2) is 193 Å². The molecule has 3 fully saturated rings. The van der Waals surface area contributed by atoms with Gasteiger partial charge in [0.05, 0.1) is 38.6 Å². The number of aliphatic hydroxyl groups excluding tert-OH is 11. The molecule has 500 valence electrons. The van der Waals surface area contributed by atoms with Crippen LogP contribution in [-0.2, 0) is 33.2 Å². The molecule has 3 heterocycles. The Morgan fingerprint density at radius 1 is 0.412 bits per heavy atom. The Morgan fingerprint density at radius 3 is 1.18 bits per heavy atom. The van der Waals surface area contributed by atoms with Gasteiger partial charge in [0.25, 0.3) is 0 Å². The number of ether oxygens (including phenoxy) is 6. The summed E-state index contributed by atoms with van der Waals surface area (Å²) in [5.41, 5.74) is 0. The van der Waals surface area contributed by atoms with Crippen molar-refractivity contribution < 1.29 is 89.4 Å². The lowest BCUT2D eigenvalue weighted by Crippen LogP contribution is -2.66. The largest absolute Gasteiger partial charge is 0.394 e. The molecule has 19 nitrogen and oxygen atoms in total. The van der Waals surface area contributed by atoms with E-state index in [-0.39, 0.29) is 18.9 Å². The summed E-state index contributed by atoms with van der Waals surface area (Å²) >= 11 is 0. The molecule has 0 saturated carbocycles. The molecular formula is C66H123NO18. The van der Waals surface area contributed by atoms with Gasteiger partial charge in [0.2, 0.25) is 5.91 Å². The maximum absolute atomic E-state index is 13.2. The van der Waals surface area contributed by atoms with Gasteiger partial charge in [-0.3, -0.25) is 4.79 Å². The van der Waals surface area contributed by atoms with Gasteiger partial charge in [0.15, 0.2) is 18.9 Å². The van der Waals surface area contributed by atoms with Crippen LogP contribution >= 0.6 is 0 Å². The molecule has 0 aromatic heterocycles. The van der Waals surface area contributed by atoms with Gasteiger partial charge in [-0.05, 0) is 32.1 Å². The molecule has 0 bridgehead atoms. The third-order valence-electron chi connectivity index (χ3n) is 17.3. The van der Waals surface area contributed by atoms with Gasteiger partial charge in [-0.1, -0.05) is 244 Å². The Bertz CT molecular complexity index is 1640. The highest BCUT2D eigenvalue weighted by molar-refractivity contribution is 5.76. The second-order valence-corrected chi connectivity index (χ2v) is 24.6. The molecule has 0 aliphatic carbocycles. The molecule has 3 saturated heterocycles. The second kappa shape index (κ2) is 49.0. The van der Waals surface area contributed by atoms with Gasteiger partial charge in [0.1, 0.15) is 73.2 Å². The van der Waals surface area contributed by atoms with Crippen LogP contribution < -0.4 is 5.32 Å². The van der Waals surface area contributed by atoms with Crippen molar-refractivity contribution in [1.82, 2.24) is 5.32 Å². The molecular weight excluding hydrogens is 1090 g/mol. The van der Waals surface area contributed by atoms with E-state index in [0.29, 0.717) is 12.8 Å². The van der Waals surface area contributed by atoms with E-state index in [4.69, 9.17) is 28.4 Å². The predicted molar refractivity (Wildman–Crippen MR) is 328 cm³/mol. The summed E-state index contributed by atoms with van der Waals surface area (Å²) in [4.78, 5) is 13.2. The van der Waals surface area contributed by atoms with Gasteiger partial charge in [0, 0.05) is 6.42 Å². The zero-order valence-corrected chi connectivity index (χ0v) is 52.6. The Morgan fingerprint density at radius 2 is 0.753 bits per heavy atom. The summed E-state index contributed by atoms with van der Waals surface area (Å²) in [5.74, 6) is -0.291. The first kappa shape index (κ1) is 77.5. The normalized spacial score (nSPS) is 29.1. The third kappa shape index (κ3) is 31.7. The predicted octanol–water partition coefficient (Wildman–Crippen LogP) is 8.27. The minimum Gasteiger partial charge on any atom is -0.394 e. The molecule has 0 radical (unpaired) electrons. The second-order valence-electron chi connectivity index (χ2n) is 24.6. The molecule has 1 amide bonds. The highest BCUT2D eigenvalue weighted by Crippen LogP contribution is 2.33. The minimum absolute atomic E-state index is 0.236. The summed E-state index contributed by atoms with van der Waals surface area (Å²) in [6.07, 6.45) is 28.2. The monoisotopic (exact) mass is 1220 g/mol. The first-order valence-electron chi connectivity index (χ1n) is 34.1. The smallest absolute Gasteiger partial charge is 0.220 e. The number of carbonyl (C=O) groups excluding carboxylic acids is 1. The standard InChI is InChI=1S/C66H123NO18/c1-3-5-7-9-11-12-13-14-15-16-17-18-19-20-21-22-23-24-25-26-27-28-29-30-31-32-33-34-35-36-38-39-41-43-50(71)49(67-54(72)44-42-40-37-10-8-6-4-2)48-80-64-60(78)57(75)62(52(46-69)82-64)85-66-61(79)58(76)63(53(47-70)83-66)84-65-59(77)56(74)55(73)51(45-68)81-65/h35-36,41,43,49-53,55-66,68-71,73-79H,3-34,37-40,42,44-48H2,1-2H3,(H,67,72)/b36-35+,43-41+. The van der Waals surface area contributed by atoms with Crippen molar-refractivity contribution in [2.75, 3.05) is 26.4 Å². The van der Waals surface area contributed by atoms with Gasteiger partial charge in [-0.25, -0.2) is 0 Å². The van der Waals surface area contributed by atoms with Crippen molar-refractivity contribution in [3.63, 3.8) is 0 Å². The van der Waals surface area contributed by atoms with E-state index in [1.807, 2.05) is 6.08 Å². The fourth-order valence-corrected chi connectivity index (χ4v) is 11.7. The number of amides is 1. The Kier molecular flexibility index (Phi) is 44.7. The van der Waals surface area contributed by atoms with Crippen LogP contribution in [0.25, 0.3) is 0 Å². The van der Waals surface area contributed by atoms with Crippen LogP contribution in [0.4, 0.5) is 0 Å². The molecule has 3 aliphatic rings. The average molecular weight is 1220 g/mol. The van der Waals surface area contributed by atoms with Crippen molar-refractivity contribution in [2.45, 2.75) is 362 Å². The minimum atomic E-state index is -1.98. The van der Waals surface area contributed by atoms with E-state index in [9.17, 15) is 61.0 Å². The molecule has 85 heavy (non-hydrogen) atoms. The zero-order valence-electron chi connectivity index (χ0n) is 52.6. The van der Waals surface area contributed by atoms with Crippen LogP contribution in [0.15, 0.2) is 24.3 Å². The van der Waals surface area contributed by atoms with Crippen molar-refractivity contribution in [2.24, 2.45) is 0 Å². The fourth-order valence-electron chi connectivity index (χ4n) is 11.7. The average Bonchev–Trinajstić information content (AvgIpc) is 2.91. The molecule has 3 rings (SSSR count). The fraction of sp³-hybridized carbons (Fsp3) is 0.924. The summed E-state index contributed by atoms with van der Waals surface area (Å²) < 4.78 is 34.2. The van der Waals surface area contributed by atoms with Crippen LogP contribution in [0.2, 0.25) is 0 Å². The molecule has 19 heteroatoms. The van der Waals surface area contributed by atoms with Crippen LogP contribution in [0.3, 0.4) is 0 Å². The molecule has 3 aliphatic heterocycles. The van der Waals surface area contributed by atoms with Crippen molar-refractivity contribution in [1.29, 1.82) is 0 Å². The number of hydrogen-bond donors (Lipinski definition) is 12. The van der Waals surface area contributed by atoms with E-state index in [1.165, 1.54) is 173 Å². The SMILES string of the molecule is CCCCCCCCCCCCCCCCCCCCCCCCCCCCC/C=C/CC/C=C/C(O)C(COC1OC(CO)C(OC2OC(CO)C(OC3OC(CO)C(O)C(O)C3O)C(O)C2O)C(O)C1O)NC(=O)CCCCCCCCC. The first-order valence-corrected chi connectivity index (χ1v) is 34.1. The molecule has 0 spiro atoms. The van der Waals surface area contributed by atoms with Gasteiger partial charge >= 0.3 is 0 Å². The lowest BCUT2D eigenvalue weighted by Gasteiger charge is -2.48. The Labute approximate surface area is 511 Å². The number of hydrogen-bond acceptors (Lipinski definition) is 18. The Balaban J connectivity index is 1.33. The molecule has 17 atom stereocenters. The van der Waals surface area contributed by atoms with Crippen molar-refractivity contribution in [3.05, 3.63) is 24.3 Å². The molecule has 0 aromatic rings. The van der Waals surface area contributed by atoms with E-state index in [2.05, 4.69) is 31.3 Å². The topological polar surface area (TPSA) is 307 Å². The van der Waals surface area contributed by atoms with E-state index >= 15 is 0 Å². The van der Waals surface area contributed by atoms with Crippen molar-refractivity contribution in [3.8, 4) is 0 Å². The van der Waals surface area contributed by atoms with Crippen LogP contribution in [0.1, 0.15) is 258 Å². The summed E-state index contributed by atoms with van der Waals surface area (Å²) in [6.45, 7) is 1.66. The number of rotatable bonds is 52. The number of unbranched alkanes of at least 4 members (excludes halogenated alkanes) is 34. The maximum atomic E-state index is 13.2. The van der Waals surface area contributed by atoms with Crippen LogP contribution in [0, 0.1) is 0 Å². The number of nitrogens with one attached hydrogen (secondary N) is 1. The van der Waals surface area contributed by atoms with Crippen LogP contribution in [0.5, 0.6) is 0 Å². The molecule has 17 unspecified atom stereocenters. The summed E-state index contributed by atoms with van der Waals surface area (Å²) in [6, 6.07) is -0.984. The van der Waals surface area contributed by atoms with E-state index in [0.717, 1.165) is 51.4 Å². The van der Waals surface area contributed by atoms with Gasteiger partial charge in [-0.15, -0.1) is 0 Å². The third-order valence-corrected chi connectivity index (χ3v) is 17.3. The van der Waals surface area contributed by atoms with E-state index < -0.39 is 124 Å². The lowest BCUT2D eigenvalue weighted by atomic mass is 9.96. The van der Waals surface area contributed by atoms with Gasteiger partial charge < -0.3 is 89.9 Å². The van der Waals surface area contributed by atoms with Crippen molar-refractivity contribution >= 4 is 5.91 Å². The highest BCUT2D eigenvalue weighted by Gasteiger charge is 2.53. The molecule has 12 N–H and O–H groups in total. The summed E-state index contributed by atoms with van der Waals surface area (Å²) in [7, 11) is 0. The molecule has 0 aromatic carbocycles. The number of allylic oxidation sites excluding steroid dienone is 3. The number of carbonyl (C=O) groups is 1. The summed E-state index contributed by atoms with van der Waals surface area (Å²) in [5, 5.41) is 120. The van der Waals surface area contributed by atoms with E-state index in [1.54, 1.807) is 6.08 Å². The van der Waals surface area contributed by atoms with Gasteiger partial charge in [-0.2, -0.15) is 0 Å². The number of aliphatic hydroxyl groups is 11.